The number of hydrogen-bond acceptors (Lipinski definition) is 3. The minimum Gasteiger partial charge on any atom is -0.481 e. The summed E-state index contributed by atoms with van der Waals surface area (Å²) in [7, 11) is 0. The topological polar surface area (TPSA) is 55.1 Å². The third-order valence-electron chi connectivity index (χ3n) is 3.41. The normalized spacial score (nSPS) is 12.9. The van der Waals surface area contributed by atoms with E-state index in [1.54, 1.807) is 0 Å². The predicted octanol–water partition coefficient (Wildman–Crippen LogP) is 3.37. The van der Waals surface area contributed by atoms with Crippen molar-refractivity contribution in [2.75, 3.05) is 5.75 Å². The second-order valence-electron chi connectivity index (χ2n) is 4.55. The Hall–Kier alpha value is -0.970. The molecule has 0 amide bonds. The van der Waals surface area contributed by atoms with Crippen LogP contribution in [-0.2, 0) is 4.79 Å². The molecule has 0 aromatic carbocycles. The first-order valence-electron chi connectivity index (χ1n) is 6.39. The van der Waals surface area contributed by atoms with Crippen molar-refractivity contribution in [2.45, 2.75) is 51.7 Å². The number of aryl methyl sites for hydroxylation is 1. The van der Waals surface area contributed by atoms with Crippen LogP contribution < -0.4 is 0 Å². The van der Waals surface area contributed by atoms with Crippen molar-refractivity contribution in [1.29, 1.82) is 0 Å². The molecular weight excluding hydrogens is 248 g/mol. The quantitative estimate of drug-likeness (QED) is 0.772. The van der Waals surface area contributed by atoms with Crippen LogP contribution in [0.25, 0.3) is 0 Å². The van der Waals surface area contributed by atoms with E-state index in [2.05, 4.69) is 30.3 Å². The molecule has 0 saturated carbocycles. The number of nitrogens with zero attached hydrogens (tertiary/aromatic N) is 2. The number of thioether (sulfide) groups is 1. The molecule has 1 N–H and O–H groups in total. The molecule has 0 fully saturated rings. The number of carboxylic acids is 1. The third kappa shape index (κ3) is 3.51. The Kier molecular flexibility index (Phi) is 5.72. The molecule has 1 atom stereocenters. The molecule has 0 aliphatic rings. The summed E-state index contributed by atoms with van der Waals surface area (Å²) < 4.78 is 2.17. The second-order valence-corrected chi connectivity index (χ2v) is 5.49. The Morgan fingerprint density at radius 1 is 1.50 bits per heavy atom. The molecule has 4 nitrogen and oxygen atoms in total. The van der Waals surface area contributed by atoms with E-state index in [1.165, 1.54) is 11.8 Å². The van der Waals surface area contributed by atoms with E-state index in [9.17, 15) is 4.79 Å². The van der Waals surface area contributed by atoms with Gasteiger partial charge in [-0.3, -0.25) is 4.79 Å². The van der Waals surface area contributed by atoms with Gasteiger partial charge in [0.1, 0.15) is 0 Å². The van der Waals surface area contributed by atoms with Crippen molar-refractivity contribution in [3.63, 3.8) is 0 Å². The van der Waals surface area contributed by atoms with Crippen LogP contribution in [0.15, 0.2) is 11.4 Å². The Balaban J connectivity index is 2.92. The van der Waals surface area contributed by atoms with Gasteiger partial charge in [-0.1, -0.05) is 38.5 Å². The van der Waals surface area contributed by atoms with Gasteiger partial charge in [-0.2, -0.15) is 0 Å². The summed E-state index contributed by atoms with van der Waals surface area (Å²) in [4.78, 5) is 15.0. The Morgan fingerprint density at radius 2 is 2.11 bits per heavy atom. The Morgan fingerprint density at radius 3 is 2.61 bits per heavy atom. The molecule has 1 unspecified atom stereocenters. The van der Waals surface area contributed by atoms with Gasteiger partial charge in [-0.15, -0.1) is 0 Å². The summed E-state index contributed by atoms with van der Waals surface area (Å²) in [5.74, 6) is -0.143. The van der Waals surface area contributed by atoms with Gasteiger partial charge in [-0.25, -0.2) is 4.98 Å². The molecule has 0 spiro atoms. The van der Waals surface area contributed by atoms with Gasteiger partial charge in [0.25, 0.3) is 0 Å². The maximum absolute atomic E-state index is 10.6. The number of hydrogen-bond donors (Lipinski definition) is 1. The van der Waals surface area contributed by atoms with Crippen molar-refractivity contribution in [2.24, 2.45) is 5.92 Å². The molecule has 0 aliphatic carbocycles. The van der Waals surface area contributed by atoms with Gasteiger partial charge in [0.2, 0.25) is 0 Å². The summed E-state index contributed by atoms with van der Waals surface area (Å²) in [6.45, 7) is 8.61. The smallest absolute Gasteiger partial charge is 0.313 e. The van der Waals surface area contributed by atoms with Crippen LogP contribution in [0, 0.1) is 12.8 Å². The first-order chi connectivity index (χ1) is 8.51. The molecule has 0 saturated heterocycles. The number of imidazole rings is 1. The van der Waals surface area contributed by atoms with E-state index in [-0.39, 0.29) is 5.75 Å². The molecule has 0 aliphatic heterocycles. The third-order valence-corrected chi connectivity index (χ3v) is 4.36. The lowest BCUT2D eigenvalue weighted by Crippen LogP contribution is -2.18. The summed E-state index contributed by atoms with van der Waals surface area (Å²) in [6, 6.07) is 0.360. The minimum absolute atomic E-state index is 0.0616. The lowest BCUT2D eigenvalue weighted by molar-refractivity contribution is -0.133. The monoisotopic (exact) mass is 270 g/mol. The van der Waals surface area contributed by atoms with Gasteiger partial charge in [0.15, 0.2) is 5.16 Å². The highest BCUT2D eigenvalue weighted by atomic mass is 32.2. The van der Waals surface area contributed by atoms with E-state index >= 15 is 0 Å². The first kappa shape index (κ1) is 15.1. The lowest BCUT2D eigenvalue weighted by Gasteiger charge is -2.25. The van der Waals surface area contributed by atoms with Gasteiger partial charge in [0.05, 0.1) is 5.75 Å². The number of carbonyl (C=O) groups is 1. The fourth-order valence-corrected chi connectivity index (χ4v) is 3.16. The molecule has 1 aromatic rings. The highest BCUT2D eigenvalue weighted by Gasteiger charge is 2.20. The zero-order valence-electron chi connectivity index (χ0n) is 11.5. The molecule has 1 rings (SSSR count). The lowest BCUT2D eigenvalue weighted by atomic mass is 9.95. The first-order valence-corrected chi connectivity index (χ1v) is 7.38. The minimum atomic E-state index is -0.803. The Bertz CT molecular complexity index is 400. The largest absolute Gasteiger partial charge is 0.481 e. The number of aliphatic carboxylic acids is 1. The molecule has 0 bridgehead atoms. The molecule has 1 heterocycles. The van der Waals surface area contributed by atoms with Crippen LogP contribution in [0.2, 0.25) is 0 Å². The summed E-state index contributed by atoms with van der Waals surface area (Å²) in [5.41, 5.74) is 1.10. The number of rotatable bonds is 7. The zero-order valence-corrected chi connectivity index (χ0v) is 12.3. The standard InChI is InChI=1S/C13H22N2O2S/c1-5-11(6-2)10(4)15-9(3)7-14-13(15)18-8-12(16)17/h7,10-11H,5-6,8H2,1-4H3,(H,16,17). The zero-order chi connectivity index (χ0) is 13.7. The fraction of sp³-hybridized carbons (Fsp3) is 0.692. The molecule has 0 radical (unpaired) electrons. The molecule has 1 aromatic heterocycles. The predicted molar refractivity (Wildman–Crippen MR) is 74.1 cm³/mol. The van der Waals surface area contributed by atoms with E-state index in [1.807, 2.05) is 13.1 Å². The van der Waals surface area contributed by atoms with Crippen molar-refractivity contribution in [1.82, 2.24) is 9.55 Å². The van der Waals surface area contributed by atoms with E-state index in [0.29, 0.717) is 12.0 Å². The summed E-state index contributed by atoms with van der Waals surface area (Å²) in [6.07, 6.45) is 4.07. The Labute approximate surface area is 113 Å². The second kappa shape index (κ2) is 6.83. The average Bonchev–Trinajstić information content (AvgIpc) is 2.69. The molecule has 5 heteroatoms. The van der Waals surface area contributed by atoms with Gasteiger partial charge >= 0.3 is 5.97 Å². The van der Waals surface area contributed by atoms with E-state index in [4.69, 9.17) is 5.11 Å². The maximum atomic E-state index is 10.6. The van der Waals surface area contributed by atoms with Crippen molar-refractivity contribution >= 4 is 17.7 Å². The fourth-order valence-electron chi connectivity index (χ4n) is 2.33. The maximum Gasteiger partial charge on any atom is 0.313 e. The van der Waals surface area contributed by atoms with Gasteiger partial charge < -0.3 is 9.67 Å². The summed E-state index contributed by atoms with van der Waals surface area (Å²) >= 11 is 1.30. The van der Waals surface area contributed by atoms with Crippen LogP contribution >= 0.6 is 11.8 Å². The molecule has 102 valence electrons. The van der Waals surface area contributed by atoms with Crippen LogP contribution in [0.5, 0.6) is 0 Å². The van der Waals surface area contributed by atoms with Crippen LogP contribution in [0.4, 0.5) is 0 Å². The number of aromatic nitrogens is 2. The highest BCUT2D eigenvalue weighted by molar-refractivity contribution is 7.99. The summed E-state index contributed by atoms with van der Waals surface area (Å²) in [5, 5.41) is 9.57. The molecule has 18 heavy (non-hydrogen) atoms. The van der Waals surface area contributed by atoms with Crippen molar-refractivity contribution < 1.29 is 9.90 Å². The van der Waals surface area contributed by atoms with Crippen LogP contribution in [0.1, 0.15) is 45.3 Å². The average molecular weight is 270 g/mol. The number of carboxylic acid groups (broad SMARTS) is 1. The van der Waals surface area contributed by atoms with Crippen molar-refractivity contribution in [3.8, 4) is 0 Å². The van der Waals surface area contributed by atoms with Gasteiger partial charge in [-0.05, 0) is 19.8 Å². The van der Waals surface area contributed by atoms with E-state index < -0.39 is 5.97 Å². The SMILES string of the molecule is CCC(CC)C(C)n1c(C)cnc1SCC(=O)O. The highest BCUT2D eigenvalue weighted by Crippen LogP contribution is 2.30. The molecular formula is C13H22N2O2S. The van der Waals surface area contributed by atoms with Crippen LogP contribution in [-0.4, -0.2) is 26.4 Å². The van der Waals surface area contributed by atoms with Crippen LogP contribution in [0.3, 0.4) is 0 Å². The van der Waals surface area contributed by atoms with E-state index in [0.717, 1.165) is 23.7 Å². The van der Waals surface area contributed by atoms with Crippen molar-refractivity contribution in [3.05, 3.63) is 11.9 Å². The van der Waals surface area contributed by atoms with Gasteiger partial charge in [0, 0.05) is 17.9 Å².